The Hall–Kier alpha value is -2.93. The molecule has 5 rings (SSSR count). The Morgan fingerprint density at radius 3 is 2.82 bits per heavy atom. The molecule has 3 aromatic rings. The molecule has 4 heterocycles. The largest absolute Gasteiger partial charge is 0.468 e. The highest BCUT2D eigenvalue weighted by molar-refractivity contribution is 5.80. The zero-order valence-corrected chi connectivity index (χ0v) is 15.6. The van der Waals surface area contributed by atoms with Gasteiger partial charge in [-0.25, -0.2) is 15.0 Å². The minimum atomic E-state index is 0.0545. The van der Waals surface area contributed by atoms with E-state index in [1.165, 1.54) is 0 Å². The second-order valence-corrected chi connectivity index (χ2v) is 7.36. The molecule has 7 nitrogen and oxygen atoms in total. The van der Waals surface area contributed by atoms with Crippen molar-refractivity contribution in [3.8, 4) is 5.88 Å². The van der Waals surface area contributed by atoms with Gasteiger partial charge in [-0.15, -0.1) is 0 Å². The van der Waals surface area contributed by atoms with Crippen LogP contribution in [0.4, 0.5) is 11.6 Å². The fourth-order valence-corrected chi connectivity index (χ4v) is 3.99. The van der Waals surface area contributed by atoms with Crippen molar-refractivity contribution in [2.45, 2.75) is 25.0 Å². The van der Waals surface area contributed by atoms with E-state index in [2.05, 4.69) is 38.0 Å². The molecule has 2 aliphatic heterocycles. The molecule has 2 saturated heterocycles. The Bertz CT molecular complexity index is 976. The fourth-order valence-electron chi connectivity index (χ4n) is 3.99. The van der Waals surface area contributed by atoms with Crippen LogP contribution in [0.25, 0.3) is 10.9 Å². The van der Waals surface area contributed by atoms with Gasteiger partial charge in [0.2, 0.25) is 0 Å². The number of anilines is 2. The molecule has 0 amide bonds. The lowest BCUT2D eigenvalue weighted by Crippen LogP contribution is -2.54. The van der Waals surface area contributed by atoms with Crippen molar-refractivity contribution in [2.24, 2.45) is 0 Å². The van der Waals surface area contributed by atoms with E-state index in [1.807, 2.05) is 18.2 Å². The summed E-state index contributed by atoms with van der Waals surface area (Å²) in [5.74, 6) is 2.26. The molecule has 0 aliphatic carbocycles. The lowest BCUT2D eigenvalue weighted by atomic mass is 10.1. The van der Waals surface area contributed by atoms with Gasteiger partial charge in [0.25, 0.3) is 5.88 Å². The SMILES string of the molecule is OC[C@H]1CCCN1c1nccnc1OC1CN(c2ccc3ccccc3n2)C1. The molecule has 2 fully saturated rings. The molecule has 0 saturated carbocycles. The third kappa shape index (κ3) is 3.11. The van der Waals surface area contributed by atoms with Crippen molar-refractivity contribution in [1.29, 1.82) is 0 Å². The lowest BCUT2D eigenvalue weighted by molar-refractivity contribution is 0.159. The average Bonchev–Trinajstić information content (AvgIpc) is 3.19. The predicted molar refractivity (Wildman–Crippen MR) is 108 cm³/mol. The fraction of sp³-hybridized carbons (Fsp3) is 0.381. The van der Waals surface area contributed by atoms with Crippen LogP contribution in [0.3, 0.4) is 0 Å². The first-order chi connectivity index (χ1) is 13.8. The van der Waals surface area contributed by atoms with Crippen LogP contribution in [0, 0.1) is 0 Å². The molecule has 0 unspecified atom stereocenters. The molecule has 0 bridgehead atoms. The first-order valence-electron chi connectivity index (χ1n) is 9.78. The van der Waals surface area contributed by atoms with E-state index in [-0.39, 0.29) is 18.8 Å². The van der Waals surface area contributed by atoms with Crippen LogP contribution in [-0.4, -0.2) is 58.4 Å². The Balaban J connectivity index is 1.27. The summed E-state index contributed by atoms with van der Waals surface area (Å²) in [5, 5.41) is 10.8. The van der Waals surface area contributed by atoms with Crippen LogP contribution in [0.15, 0.2) is 48.8 Å². The van der Waals surface area contributed by atoms with Crippen molar-refractivity contribution < 1.29 is 9.84 Å². The van der Waals surface area contributed by atoms with Crippen molar-refractivity contribution in [1.82, 2.24) is 15.0 Å². The maximum atomic E-state index is 9.62. The number of pyridine rings is 1. The van der Waals surface area contributed by atoms with Gasteiger partial charge >= 0.3 is 0 Å². The van der Waals surface area contributed by atoms with Crippen molar-refractivity contribution in [3.63, 3.8) is 0 Å². The van der Waals surface area contributed by atoms with Gasteiger partial charge in [0.05, 0.1) is 31.3 Å². The number of aliphatic hydroxyl groups is 1. The van der Waals surface area contributed by atoms with E-state index in [0.717, 1.165) is 55.0 Å². The summed E-state index contributed by atoms with van der Waals surface area (Å²) in [6.45, 7) is 2.54. The molecule has 2 aliphatic rings. The number of rotatable bonds is 5. The highest BCUT2D eigenvalue weighted by Gasteiger charge is 2.33. The maximum Gasteiger partial charge on any atom is 0.258 e. The number of hydrogen-bond acceptors (Lipinski definition) is 7. The van der Waals surface area contributed by atoms with Gasteiger partial charge < -0.3 is 19.6 Å². The number of fused-ring (bicyclic) bond motifs is 1. The Labute approximate surface area is 163 Å². The van der Waals surface area contributed by atoms with Gasteiger partial charge in [-0.2, -0.15) is 0 Å². The number of ether oxygens (including phenoxy) is 1. The van der Waals surface area contributed by atoms with Gasteiger partial charge in [-0.05, 0) is 31.0 Å². The van der Waals surface area contributed by atoms with Gasteiger partial charge in [0.1, 0.15) is 11.9 Å². The zero-order chi connectivity index (χ0) is 18.9. The topological polar surface area (TPSA) is 74.6 Å². The highest BCUT2D eigenvalue weighted by Crippen LogP contribution is 2.32. The predicted octanol–water partition coefficient (Wildman–Crippen LogP) is 2.25. The summed E-state index contributed by atoms with van der Waals surface area (Å²) < 4.78 is 6.16. The molecule has 2 aromatic heterocycles. The summed E-state index contributed by atoms with van der Waals surface area (Å²) in [5.41, 5.74) is 1.00. The molecule has 28 heavy (non-hydrogen) atoms. The quantitative estimate of drug-likeness (QED) is 0.731. The molecular weight excluding hydrogens is 354 g/mol. The number of nitrogens with zero attached hydrogens (tertiary/aromatic N) is 5. The smallest absolute Gasteiger partial charge is 0.258 e. The molecular formula is C21H23N5O2. The van der Waals surface area contributed by atoms with Crippen LogP contribution in [0.2, 0.25) is 0 Å². The van der Waals surface area contributed by atoms with E-state index in [9.17, 15) is 5.11 Å². The minimum Gasteiger partial charge on any atom is -0.468 e. The maximum absolute atomic E-state index is 9.62. The van der Waals surface area contributed by atoms with Gasteiger partial charge in [-0.1, -0.05) is 18.2 Å². The standard InChI is InChI=1S/C21H23N5O2/c27-14-16-5-3-11-26(16)20-21(23-10-9-22-20)28-17-12-25(13-17)19-8-7-15-4-1-2-6-18(15)24-19/h1-2,4,6-10,16-17,27H,3,5,11-14H2/t16-/m1/s1. The minimum absolute atomic E-state index is 0.0545. The average molecular weight is 377 g/mol. The Morgan fingerprint density at radius 1 is 1.07 bits per heavy atom. The van der Waals surface area contributed by atoms with Crippen molar-refractivity contribution in [3.05, 3.63) is 48.8 Å². The highest BCUT2D eigenvalue weighted by atomic mass is 16.5. The molecule has 1 N–H and O–H groups in total. The van der Waals surface area contributed by atoms with E-state index in [1.54, 1.807) is 12.4 Å². The first-order valence-corrected chi connectivity index (χ1v) is 9.78. The summed E-state index contributed by atoms with van der Waals surface area (Å²) in [6, 6.07) is 12.4. The number of aromatic nitrogens is 3. The first kappa shape index (κ1) is 17.2. The Morgan fingerprint density at radius 2 is 1.93 bits per heavy atom. The van der Waals surface area contributed by atoms with Crippen LogP contribution in [0.1, 0.15) is 12.8 Å². The number of aliphatic hydroxyl groups excluding tert-OH is 1. The Kier molecular flexibility index (Phi) is 4.44. The summed E-state index contributed by atoms with van der Waals surface area (Å²) >= 11 is 0. The summed E-state index contributed by atoms with van der Waals surface area (Å²) in [7, 11) is 0. The third-order valence-corrected chi connectivity index (χ3v) is 5.54. The number of hydrogen-bond donors (Lipinski definition) is 1. The molecule has 144 valence electrons. The van der Waals surface area contributed by atoms with E-state index in [4.69, 9.17) is 9.72 Å². The van der Waals surface area contributed by atoms with Gasteiger partial charge in [0.15, 0.2) is 5.82 Å². The number of benzene rings is 1. The van der Waals surface area contributed by atoms with Gasteiger partial charge in [-0.3, -0.25) is 0 Å². The van der Waals surface area contributed by atoms with E-state index >= 15 is 0 Å². The van der Waals surface area contributed by atoms with Crippen LogP contribution >= 0.6 is 0 Å². The van der Waals surface area contributed by atoms with Crippen LogP contribution in [-0.2, 0) is 0 Å². The third-order valence-electron chi connectivity index (χ3n) is 5.54. The molecule has 1 atom stereocenters. The summed E-state index contributed by atoms with van der Waals surface area (Å²) in [6.07, 6.45) is 5.41. The second kappa shape index (κ2) is 7.24. The van der Waals surface area contributed by atoms with E-state index in [0.29, 0.717) is 5.88 Å². The molecule has 7 heteroatoms. The normalized spacial score (nSPS) is 19.8. The van der Waals surface area contributed by atoms with Crippen molar-refractivity contribution in [2.75, 3.05) is 36.0 Å². The monoisotopic (exact) mass is 377 g/mol. The van der Waals surface area contributed by atoms with Crippen LogP contribution in [0.5, 0.6) is 5.88 Å². The van der Waals surface area contributed by atoms with Crippen molar-refractivity contribution >= 4 is 22.5 Å². The molecule has 0 spiro atoms. The van der Waals surface area contributed by atoms with Crippen LogP contribution < -0.4 is 14.5 Å². The molecule has 1 aromatic carbocycles. The second-order valence-electron chi connectivity index (χ2n) is 7.36. The van der Waals surface area contributed by atoms with E-state index < -0.39 is 0 Å². The van der Waals surface area contributed by atoms with Gasteiger partial charge in [0, 0.05) is 24.3 Å². The molecule has 0 radical (unpaired) electrons. The zero-order valence-electron chi connectivity index (χ0n) is 15.6. The lowest BCUT2D eigenvalue weighted by Gasteiger charge is -2.40. The summed E-state index contributed by atoms with van der Waals surface area (Å²) in [4.78, 5) is 18.0. The number of para-hydroxylation sites is 1.